The molecule has 3 rings (SSSR count). The van der Waals surface area contributed by atoms with Crippen LogP contribution in [0.2, 0.25) is 0 Å². The number of sulfonamides is 1. The standard InChI is InChI=1S/C24H31N3O5S/c1-16(2)24(29)27-13-11-18(12-14-27)23(28)25-19-10-9-17(3)22(15-19)33(30,31)26-20-7-5-6-8-21(20)32-4/h5-10,15-16,18,26H,11-14H2,1-4H3,(H,25,28). The topological polar surface area (TPSA) is 105 Å². The van der Waals surface area contributed by atoms with Crippen LogP contribution in [0.4, 0.5) is 11.4 Å². The molecule has 2 aromatic carbocycles. The average molecular weight is 474 g/mol. The number of aryl methyl sites for hydroxylation is 1. The van der Waals surface area contributed by atoms with E-state index in [9.17, 15) is 18.0 Å². The van der Waals surface area contributed by atoms with Crippen LogP contribution in [0.1, 0.15) is 32.3 Å². The summed E-state index contributed by atoms with van der Waals surface area (Å²) in [7, 11) is -2.44. The first-order valence-corrected chi connectivity index (χ1v) is 12.5. The van der Waals surface area contributed by atoms with Gasteiger partial charge in [0, 0.05) is 30.6 Å². The minimum absolute atomic E-state index is 0.0623. The number of benzene rings is 2. The van der Waals surface area contributed by atoms with Crippen molar-refractivity contribution in [2.45, 2.75) is 38.5 Å². The summed E-state index contributed by atoms with van der Waals surface area (Å²) in [6, 6.07) is 11.6. The quantitative estimate of drug-likeness (QED) is 0.639. The van der Waals surface area contributed by atoms with Crippen LogP contribution < -0.4 is 14.8 Å². The number of likely N-dealkylation sites (tertiary alicyclic amines) is 1. The molecule has 0 radical (unpaired) electrons. The molecule has 0 bridgehead atoms. The highest BCUT2D eigenvalue weighted by molar-refractivity contribution is 7.92. The number of carbonyl (C=O) groups is 2. The molecular formula is C24H31N3O5S. The highest BCUT2D eigenvalue weighted by Crippen LogP contribution is 2.29. The molecule has 0 atom stereocenters. The van der Waals surface area contributed by atoms with Gasteiger partial charge in [0.2, 0.25) is 11.8 Å². The van der Waals surface area contributed by atoms with Crippen molar-refractivity contribution in [1.82, 2.24) is 4.90 Å². The Morgan fingerprint density at radius 1 is 1.09 bits per heavy atom. The molecule has 2 aromatic rings. The predicted octanol–water partition coefficient (Wildman–Crippen LogP) is 3.64. The monoisotopic (exact) mass is 473 g/mol. The molecule has 0 aromatic heterocycles. The molecule has 178 valence electrons. The molecule has 1 fully saturated rings. The second kappa shape index (κ2) is 10.2. The van der Waals surface area contributed by atoms with Crippen LogP contribution in [-0.2, 0) is 19.6 Å². The van der Waals surface area contributed by atoms with E-state index < -0.39 is 10.0 Å². The molecule has 0 unspecified atom stereocenters. The second-order valence-electron chi connectivity index (χ2n) is 8.53. The fourth-order valence-electron chi connectivity index (χ4n) is 3.87. The molecule has 0 spiro atoms. The fourth-order valence-corrected chi connectivity index (χ4v) is 5.21. The van der Waals surface area contributed by atoms with Gasteiger partial charge in [-0.15, -0.1) is 0 Å². The Kier molecular flexibility index (Phi) is 7.63. The smallest absolute Gasteiger partial charge is 0.262 e. The summed E-state index contributed by atoms with van der Waals surface area (Å²) in [6.45, 7) is 6.53. The highest BCUT2D eigenvalue weighted by atomic mass is 32.2. The third kappa shape index (κ3) is 5.84. The number of hydrogen-bond donors (Lipinski definition) is 2. The van der Waals surface area contributed by atoms with Crippen LogP contribution in [0.5, 0.6) is 5.75 Å². The van der Waals surface area contributed by atoms with Crippen molar-refractivity contribution in [2.75, 3.05) is 30.2 Å². The normalized spacial score (nSPS) is 14.8. The Morgan fingerprint density at radius 2 is 1.76 bits per heavy atom. The maximum absolute atomic E-state index is 13.1. The van der Waals surface area contributed by atoms with E-state index in [-0.39, 0.29) is 28.5 Å². The van der Waals surface area contributed by atoms with Crippen LogP contribution in [-0.4, -0.2) is 45.3 Å². The maximum atomic E-state index is 13.1. The molecule has 9 heteroatoms. The number of nitrogens with one attached hydrogen (secondary N) is 2. The number of ether oxygens (including phenoxy) is 1. The zero-order valence-corrected chi connectivity index (χ0v) is 20.2. The van der Waals surface area contributed by atoms with Gasteiger partial charge in [-0.2, -0.15) is 0 Å². The van der Waals surface area contributed by atoms with E-state index in [0.29, 0.717) is 48.6 Å². The number of carbonyl (C=O) groups excluding carboxylic acids is 2. The first kappa shape index (κ1) is 24.6. The number of methoxy groups -OCH3 is 1. The lowest BCUT2D eigenvalue weighted by Gasteiger charge is -2.32. The largest absolute Gasteiger partial charge is 0.495 e. The zero-order chi connectivity index (χ0) is 24.2. The summed E-state index contributed by atoms with van der Waals surface area (Å²) in [4.78, 5) is 26.8. The van der Waals surface area contributed by atoms with Gasteiger partial charge in [0.15, 0.2) is 0 Å². The molecule has 0 aliphatic carbocycles. The Balaban J connectivity index is 1.71. The highest BCUT2D eigenvalue weighted by Gasteiger charge is 2.28. The van der Waals surface area contributed by atoms with E-state index in [2.05, 4.69) is 10.0 Å². The summed E-state index contributed by atoms with van der Waals surface area (Å²) in [5.41, 5.74) is 1.29. The van der Waals surface area contributed by atoms with Crippen LogP contribution in [0.25, 0.3) is 0 Å². The number of piperidine rings is 1. The molecule has 2 N–H and O–H groups in total. The molecule has 1 saturated heterocycles. The van der Waals surface area contributed by atoms with E-state index in [1.807, 2.05) is 13.8 Å². The van der Waals surface area contributed by atoms with E-state index in [1.54, 1.807) is 48.2 Å². The van der Waals surface area contributed by atoms with E-state index in [4.69, 9.17) is 4.74 Å². The van der Waals surface area contributed by atoms with Gasteiger partial charge in [-0.05, 0) is 49.6 Å². The van der Waals surface area contributed by atoms with Gasteiger partial charge in [-0.3, -0.25) is 14.3 Å². The number of hydrogen-bond acceptors (Lipinski definition) is 5. The number of nitrogens with zero attached hydrogens (tertiary/aromatic N) is 1. The van der Waals surface area contributed by atoms with Crippen LogP contribution in [0.3, 0.4) is 0 Å². The lowest BCUT2D eigenvalue weighted by atomic mass is 9.95. The van der Waals surface area contributed by atoms with Crippen molar-refractivity contribution < 1.29 is 22.7 Å². The molecular weight excluding hydrogens is 442 g/mol. The van der Waals surface area contributed by atoms with Crippen molar-refractivity contribution in [3.63, 3.8) is 0 Å². The van der Waals surface area contributed by atoms with Crippen molar-refractivity contribution in [2.24, 2.45) is 11.8 Å². The van der Waals surface area contributed by atoms with E-state index >= 15 is 0 Å². The minimum atomic E-state index is -3.91. The third-order valence-electron chi connectivity index (χ3n) is 5.77. The summed E-state index contributed by atoms with van der Waals surface area (Å²) >= 11 is 0. The van der Waals surface area contributed by atoms with Crippen molar-refractivity contribution in [3.8, 4) is 5.75 Å². The average Bonchev–Trinajstić information content (AvgIpc) is 2.79. The SMILES string of the molecule is COc1ccccc1NS(=O)(=O)c1cc(NC(=O)C2CCN(C(=O)C(C)C)CC2)ccc1C. The molecule has 1 heterocycles. The zero-order valence-electron chi connectivity index (χ0n) is 19.4. The first-order chi connectivity index (χ1) is 15.6. The van der Waals surface area contributed by atoms with Gasteiger partial charge < -0.3 is 15.0 Å². The Morgan fingerprint density at radius 3 is 2.39 bits per heavy atom. The summed E-state index contributed by atoms with van der Waals surface area (Å²) in [6.07, 6.45) is 1.16. The molecule has 1 aliphatic heterocycles. The van der Waals surface area contributed by atoms with Gasteiger partial charge >= 0.3 is 0 Å². The van der Waals surface area contributed by atoms with Crippen LogP contribution in [0.15, 0.2) is 47.4 Å². The lowest BCUT2D eigenvalue weighted by Crippen LogP contribution is -2.43. The molecule has 8 nitrogen and oxygen atoms in total. The Labute approximate surface area is 195 Å². The Hall–Kier alpha value is -3.07. The van der Waals surface area contributed by atoms with Crippen LogP contribution >= 0.6 is 0 Å². The van der Waals surface area contributed by atoms with Crippen molar-refractivity contribution >= 4 is 33.2 Å². The Bertz CT molecular complexity index is 1120. The predicted molar refractivity (Wildman–Crippen MR) is 128 cm³/mol. The molecule has 2 amide bonds. The number of anilines is 2. The number of para-hydroxylation sites is 2. The fraction of sp³-hybridized carbons (Fsp3) is 0.417. The molecule has 0 saturated carbocycles. The summed E-state index contributed by atoms with van der Waals surface area (Å²) in [5, 5.41) is 2.85. The number of rotatable bonds is 7. The van der Waals surface area contributed by atoms with Gasteiger partial charge in [0.25, 0.3) is 10.0 Å². The first-order valence-electron chi connectivity index (χ1n) is 11.0. The van der Waals surface area contributed by atoms with E-state index in [1.165, 1.54) is 13.2 Å². The van der Waals surface area contributed by atoms with Crippen molar-refractivity contribution in [1.29, 1.82) is 0 Å². The third-order valence-corrected chi connectivity index (χ3v) is 7.28. The summed E-state index contributed by atoms with van der Waals surface area (Å²) in [5.74, 6) is 0.0499. The molecule has 1 aliphatic rings. The lowest BCUT2D eigenvalue weighted by molar-refractivity contribution is -0.137. The summed E-state index contributed by atoms with van der Waals surface area (Å²) < 4.78 is 33.9. The van der Waals surface area contributed by atoms with Gasteiger partial charge in [0.05, 0.1) is 17.7 Å². The number of amides is 2. The molecule has 33 heavy (non-hydrogen) atoms. The second-order valence-corrected chi connectivity index (χ2v) is 10.2. The minimum Gasteiger partial charge on any atom is -0.495 e. The van der Waals surface area contributed by atoms with Gasteiger partial charge in [-0.25, -0.2) is 8.42 Å². The van der Waals surface area contributed by atoms with Gasteiger partial charge in [0.1, 0.15) is 5.75 Å². The van der Waals surface area contributed by atoms with Crippen molar-refractivity contribution in [3.05, 3.63) is 48.0 Å². The van der Waals surface area contributed by atoms with E-state index in [0.717, 1.165) is 0 Å². The maximum Gasteiger partial charge on any atom is 0.262 e. The van der Waals surface area contributed by atoms with Gasteiger partial charge in [-0.1, -0.05) is 32.0 Å². The van der Waals surface area contributed by atoms with Crippen LogP contribution in [0, 0.1) is 18.8 Å².